The summed E-state index contributed by atoms with van der Waals surface area (Å²) in [6.45, 7) is 5.80. The van der Waals surface area contributed by atoms with Gasteiger partial charge >= 0.3 is 11.9 Å². The maximum Gasteiger partial charge on any atom is 0.350 e. The van der Waals surface area contributed by atoms with Crippen LogP contribution in [0.5, 0.6) is 0 Å². The minimum Gasteiger partial charge on any atom is -0.385 e. The number of esters is 2. The van der Waals surface area contributed by atoms with Crippen LogP contribution < -0.4 is 9.80 Å². The van der Waals surface area contributed by atoms with Crippen LogP contribution in [0.3, 0.4) is 0 Å². The fourth-order valence-electron chi connectivity index (χ4n) is 4.40. The maximum absolute atomic E-state index is 13.0. The Balaban J connectivity index is 1.29. The maximum atomic E-state index is 13.0. The molecule has 0 aromatic heterocycles. The number of ether oxygens (including phenoxy) is 1. The lowest BCUT2D eigenvalue weighted by atomic mass is 10.00. The number of hydrogen-bond acceptors (Lipinski definition) is 8. The molecule has 8 heteroatoms. The van der Waals surface area contributed by atoms with Gasteiger partial charge in [-0.05, 0) is 62.4 Å². The van der Waals surface area contributed by atoms with E-state index >= 15 is 0 Å². The van der Waals surface area contributed by atoms with E-state index in [-0.39, 0.29) is 11.1 Å². The molecule has 2 aromatic carbocycles. The van der Waals surface area contributed by atoms with Gasteiger partial charge in [0.15, 0.2) is 0 Å². The molecule has 0 bridgehead atoms. The number of cyclic esters (lactones) is 2. The summed E-state index contributed by atoms with van der Waals surface area (Å²) in [6.07, 6.45) is 13.4. The molecule has 0 spiro atoms. The Morgan fingerprint density at radius 2 is 1.05 bits per heavy atom. The number of hydrogen-bond donors (Lipinski definition) is 0. The Kier molecular flexibility index (Phi) is 8.05. The molecule has 2 aromatic rings. The molecule has 0 aliphatic carbocycles. The van der Waals surface area contributed by atoms with Gasteiger partial charge in [0.2, 0.25) is 5.78 Å². The Morgan fingerprint density at radius 1 is 0.641 bits per heavy atom. The van der Waals surface area contributed by atoms with Gasteiger partial charge in [-0.15, -0.1) is 0 Å². The summed E-state index contributed by atoms with van der Waals surface area (Å²) in [5, 5.41) is 2.09. The zero-order valence-electron chi connectivity index (χ0n) is 21.5. The molecule has 3 aliphatic rings. The van der Waals surface area contributed by atoms with Crippen molar-refractivity contribution in [3.63, 3.8) is 0 Å². The number of thioether (sulfide) groups is 2. The molecule has 3 aliphatic heterocycles. The Labute approximate surface area is 236 Å². The van der Waals surface area contributed by atoms with Crippen LogP contribution in [0.15, 0.2) is 128 Å². The van der Waals surface area contributed by atoms with Gasteiger partial charge in [0.25, 0.3) is 0 Å². The van der Waals surface area contributed by atoms with Crippen LogP contribution in [-0.2, 0) is 19.1 Å². The van der Waals surface area contributed by atoms with Gasteiger partial charge in [0.1, 0.15) is 11.1 Å². The monoisotopic (exact) mass is 554 g/mol. The lowest BCUT2D eigenvalue weighted by molar-refractivity contribution is -0.156. The highest BCUT2D eigenvalue weighted by atomic mass is 32.2. The number of anilines is 2. The molecule has 3 heterocycles. The summed E-state index contributed by atoms with van der Waals surface area (Å²) in [7, 11) is 0. The van der Waals surface area contributed by atoms with Crippen LogP contribution >= 0.6 is 23.5 Å². The third kappa shape index (κ3) is 5.44. The van der Waals surface area contributed by atoms with Crippen LogP contribution in [0.4, 0.5) is 11.4 Å². The molecule has 0 radical (unpaired) electrons. The zero-order valence-corrected chi connectivity index (χ0v) is 23.1. The molecule has 196 valence electrons. The average molecular weight is 555 g/mol. The number of carbonyl (C=O) groups is 3. The highest BCUT2D eigenvalue weighted by Crippen LogP contribution is 2.46. The average Bonchev–Trinajstić information content (AvgIpc) is 3.48. The normalized spacial score (nSPS) is 21.3. The number of rotatable bonds is 6. The minimum absolute atomic E-state index is 0.184. The quantitative estimate of drug-likeness (QED) is 0.172. The second-order valence-electron chi connectivity index (χ2n) is 8.57. The summed E-state index contributed by atoms with van der Waals surface area (Å²) < 4.78 is 4.84. The van der Waals surface area contributed by atoms with Crippen LogP contribution in [-0.4, -0.2) is 30.8 Å². The third-order valence-corrected chi connectivity index (χ3v) is 8.51. The molecule has 0 saturated carbocycles. The van der Waals surface area contributed by atoms with E-state index in [4.69, 9.17) is 4.74 Å². The number of benzene rings is 2. The van der Waals surface area contributed by atoms with Gasteiger partial charge in [-0.1, -0.05) is 72.1 Å². The third-order valence-electron chi connectivity index (χ3n) is 6.25. The Bertz CT molecular complexity index is 1420. The van der Waals surface area contributed by atoms with Crippen molar-refractivity contribution in [3.8, 4) is 0 Å². The standard InChI is InChI=1S/C31H26N2O4S2/c1-3-32-23-15-7-9-17-25(23)38-27(32)19-11-5-13-21-29(34)22(31(36)37-30(21)35)14-6-12-20-28-33(4-2)24-16-8-10-18-26(24)39-28/h5-20H,3-4H2,1-2H3. The van der Waals surface area contributed by atoms with Crippen LogP contribution in [0.1, 0.15) is 13.8 Å². The van der Waals surface area contributed by atoms with E-state index in [1.165, 1.54) is 21.9 Å². The first kappa shape index (κ1) is 26.6. The lowest BCUT2D eigenvalue weighted by Gasteiger charge is -2.17. The highest BCUT2D eigenvalue weighted by molar-refractivity contribution is 8.04. The summed E-state index contributed by atoms with van der Waals surface area (Å²) >= 11 is 3.32. The van der Waals surface area contributed by atoms with Crippen LogP contribution in [0, 0.1) is 0 Å². The van der Waals surface area contributed by atoms with Crippen molar-refractivity contribution >= 4 is 52.6 Å². The van der Waals surface area contributed by atoms with Crippen molar-refractivity contribution in [2.75, 3.05) is 22.9 Å². The van der Waals surface area contributed by atoms with E-state index < -0.39 is 17.7 Å². The zero-order chi connectivity index (χ0) is 27.4. The summed E-state index contributed by atoms with van der Waals surface area (Å²) in [6, 6.07) is 16.3. The minimum atomic E-state index is -0.943. The Morgan fingerprint density at radius 3 is 1.49 bits per heavy atom. The number of allylic oxidation sites excluding steroid dienone is 8. The second-order valence-corrected chi connectivity index (χ2v) is 10.7. The van der Waals surface area contributed by atoms with Crippen molar-refractivity contribution in [1.29, 1.82) is 0 Å². The number of para-hydroxylation sites is 2. The molecule has 1 fully saturated rings. The van der Waals surface area contributed by atoms with Crippen molar-refractivity contribution in [2.24, 2.45) is 0 Å². The van der Waals surface area contributed by atoms with Crippen molar-refractivity contribution in [3.05, 3.63) is 118 Å². The van der Waals surface area contributed by atoms with E-state index in [9.17, 15) is 14.4 Å². The number of carbonyl (C=O) groups excluding carboxylic acids is 3. The first-order valence-corrected chi connectivity index (χ1v) is 14.2. The largest absolute Gasteiger partial charge is 0.385 e. The van der Waals surface area contributed by atoms with E-state index in [1.54, 1.807) is 47.8 Å². The van der Waals surface area contributed by atoms with Gasteiger partial charge in [-0.3, -0.25) is 4.79 Å². The topological polar surface area (TPSA) is 66.9 Å². The predicted octanol–water partition coefficient (Wildman–Crippen LogP) is 6.55. The predicted molar refractivity (Wildman–Crippen MR) is 157 cm³/mol. The molecular weight excluding hydrogens is 528 g/mol. The van der Waals surface area contributed by atoms with Crippen LogP contribution in [0.25, 0.3) is 0 Å². The Hall–Kier alpha value is -4.01. The van der Waals surface area contributed by atoms with Crippen molar-refractivity contribution < 1.29 is 19.1 Å². The highest BCUT2D eigenvalue weighted by Gasteiger charge is 2.35. The molecule has 5 rings (SSSR count). The molecule has 0 unspecified atom stereocenters. The first-order valence-electron chi connectivity index (χ1n) is 12.6. The number of nitrogens with zero attached hydrogens (tertiary/aromatic N) is 2. The summed E-state index contributed by atoms with van der Waals surface area (Å²) in [4.78, 5) is 44.3. The fourth-order valence-corrected chi connectivity index (χ4v) is 6.68. The molecule has 0 N–H and O–H groups in total. The van der Waals surface area contributed by atoms with E-state index in [0.717, 1.165) is 34.5 Å². The lowest BCUT2D eigenvalue weighted by Crippen LogP contribution is -2.31. The van der Waals surface area contributed by atoms with E-state index in [0.29, 0.717) is 0 Å². The van der Waals surface area contributed by atoms with Gasteiger partial charge < -0.3 is 14.5 Å². The molecule has 0 atom stereocenters. The smallest absolute Gasteiger partial charge is 0.350 e. The summed E-state index contributed by atoms with van der Waals surface area (Å²) in [5.41, 5.74) is 1.95. The van der Waals surface area contributed by atoms with Crippen molar-refractivity contribution in [2.45, 2.75) is 23.6 Å². The number of ketones is 1. The van der Waals surface area contributed by atoms with Gasteiger partial charge in [0, 0.05) is 22.9 Å². The molecule has 1 saturated heterocycles. The second kappa shape index (κ2) is 11.8. The van der Waals surface area contributed by atoms with Gasteiger partial charge in [0.05, 0.1) is 21.4 Å². The summed E-state index contributed by atoms with van der Waals surface area (Å²) in [5.74, 6) is -2.54. The van der Waals surface area contributed by atoms with Gasteiger partial charge in [-0.2, -0.15) is 0 Å². The SMILES string of the molecule is CCN1C(=CC=CC=C2C(=O)OC(=O)C(=CC=CC=C3Sc4ccccc4N3CC)C2=O)Sc2ccccc21. The molecule has 6 nitrogen and oxygen atoms in total. The number of fused-ring (bicyclic) bond motifs is 2. The first-order chi connectivity index (χ1) is 19.0. The molecule has 39 heavy (non-hydrogen) atoms. The van der Waals surface area contributed by atoms with Gasteiger partial charge in [-0.25, -0.2) is 9.59 Å². The number of Topliss-reactive ketones (excluding diaryl/α,β-unsaturated/α-hetero) is 1. The van der Waals surface area contributed by atoms with E-state index in [1.807, 2.05) is 36.4 Å². The molecule has 0 amide bonds. The van der Waals surface area contributed by atoms with E-state index in [2.05, 4.69) is 47.9 Å². The van der Waals surface area contributed by atoms with Crippen LogP contribution in [0.2, 0.25) is 0 Å². The fraction of sp³-hybridized carbons (Fsp3) is 0.129. The van der Waals surface area contributed by atoms with Crippen molar-refractivity contribution in [1.82, 2.24) is 0 Å². The molecular formula is C31H26N2O4S2.